The Balaban J connectivity index is 1.95. The van der Waals surface area contributed by atoms with E-state index in [-0.39, 0.29) is 12.3 Å². The number of nitrogens with one attached hydrogen (secondary N) is 1. The summed E-state index contributed by atoms with van der Waals surface area (Å²) in [6, 6.07) is 5.33. The van der Waals surface area contributed by atoms with Gasteiger partial charge in [0.05, 0.1) is 23.4 Å². The van der Waals surface area contributed by atoms with E-state index in [0.717, 1.165) is 24.8 Å². The molecule has 2 N–H and O–H groups in total. The van der Waals surface area contributed by atoms with Crippen LogP contribution < -0.4 is 5.32 Å². The largest absolute Gasteiger partial charge is 0.391 e. The predicted octanol–water partition coefficient (Wildman–Crippen LogP) is 0.546. The van der Waals surface area contributed by atoms with Gasteiger partial charge in [-0.25, -0.2) is 8.42 Å². The molecule has 1 unspecified atom stereocenters. The van der Waals surface area contributed by atoms with Crippen molar-refractivity contribution in [1.82, 2.24) is 5.32 Å². The summed E-state index contributed by atoms with van der Waals surface area (Å²) < 4.78 is 29.5. The van der Waals surface area contributed by atoms with E-state index < -0.39 is 15.9 Å². The van der Waals surface area contributed by atoms with Crippen LogP contribution >= 0.6 is 0 Å². The SMILES string of the molecule is COCCNCC(O)CS(=O)(=O)c1ccc2c(c1)CCC2. The maximum Gasteiger partial charge on any atom is 0.180 e. The number of ether oxygens (including phenoxy) is 1. The zero-order chi connectivity index (χ0) is 15.3. The summed E-state index contributed by atoms with van der Waals surface area (Å²) in [4.78, 5) is 0.319. The van der Waals surface area contributed by atoms with E-state index in [9.17, 15) is 13.5 Å². The highest BCUT2D eigenvalue weighted by Crippen LogP contribution is 2.25. The van der Waals surface area contributed by atoms with Crippen LogP contribution in [0.5, 0.6) is 0 Å². The fourth-order valence-corrected chi connectivity index (χ4v) is 4.01. The van der Waals surface area contributed by atoms with Gasteiger partial charge in [0.2, 0.25) is 0 Å². The maximum atomic E-state index is 12.3. The molecule has 21 heavy (non-hydrogen) atoms. The molecule has 0 fully saturated rings. The highest BCUT2D eigenvalue weighted by atomic mass is 32.2. The van der Waals surface area contributed by atoms with E-state index >= 15 is 0 Å². The van der Waals surface area contributed by atoms with Crippen LogP contribution in [-0.2, 0) is 27.4 Å². The van der Waals surface area contributed by atoms with Gasteiger partial charge < -0.3 is 15.2 Å². The average Bonchev–Trinajstić information content (AvgIpc) is 2.90. The lowest BCUT2D eigenvalue weighted by atomic mass is 10.1. The fraction of sp³-hybridized carbons (Fsp3) is 0.600. The topological polar surface area (TPSA) is 75.6 Å². The van der Waals surface area contributed by atoms with Crippen molar-refractivity contribution in [1.29, 1.82) is 0 Å². The van der Waals surface area contributed by atoms with Gasteiger partial charge in [0.1, 0.15) is 0 Å². The Morgan fingerprint density at radius 1 is 1.33 bits per heavy atom. The van der Waals surface area contributed by atoms with Gasteiger partial charge in [-0.15, -0.1) is 0 Å². The second kappa shape index (κ2) is 7.35. The molecule has 0 aromatic heterocycles. The Morgan fingerprint density at radius 2 is 2.10 bits per heavy atom. The molecule has 0 saturated heterocycles. The number of rotatable bonds is 8. The molecule has 1 aromatic carbocycles. The molecular weight excluding hydrogens is 290 g/mol. The van der Waals surface area contributed by atoms with Crippen LogP contribution in [0.4, 0.5) is 0 Å². The highest BCUT2D eigenvalue weighted by molar-refractivity contribution is 7.91. The van der Waals surface area contributed by atoms with E-state index in [4.69, 9.17) is 4.74 Å². The number of aliphatic hydroxyl groups excluding tert-OH is 1. The number of methoxy groups -OCH3 is 1. The number of aryl methyl sites for hydroxylation is 2. The van der Waals surface area contributed by atoms with Gasteiger partial charge in [-0.3, -0.25) is 0 Å². The van der Waals surface area contributed by atoms with Crippen LogP contribution in [-0.4, -0.2) is 52.2 Å². The Morgan fingerprint density at radius 3 is 2.86 bits per heavy atom. The summed E-state index contributed by atoms with van der Waals surface area (Å²) in [7, 11) is -1.85. The molecule has 0 radical (unpaired) electrons. The Bertz CT molecular complexity index is 571. The van der Waals surface area contributed by atoms with Crippen molar-refractivity contribution in [2.45, 2.75) is 30.3 Å². The number of hydrogen-bond acceptors (Lipinski definition) is 5. The minimum absolute atomic E-state index is 0.244. The molecule has 6 heteroatoms. The first-order chi connectivity index (χ1) is 10.0. The van der Waals surface area contributed by atoms with Crippen molar-refractivity contribution < 1.29 is 18.3 Å². The molecule has 0 heterocycles. The third-order valence-corrected chi connectivity index (χ3v) is 5.50. The van der Waals surface area contributed by atoms with Crippen molar-refractivity contribution in [2.75, 3.05) is 32.6 Å². The Labute approximate surface area is 126 Å². The lowest BCUT2D eigenvalue weighted by Crippen LogP contribution is -2.34. The monoisotopic (exact) mass is 313 g/mol. The molecule has 1 aliphatic rings. The second-order valence-corrected chi connectivity index (χ2v) is 7.45. The van der Waals surface area contributed by atoms with E-state index in [1.165, 1.54) is 5.56 Å². The summed E-state index contributed by atoms with van der Waals surface area (Å²) >= 11 is 0. The van der Waals surface area contributed by atoms with Crippen LogP contribution in [0.3, 0.4) is 0 Å². The van der Waals surface area contributed by atoms with Crippen LogP contribution in [0, 0.1) is 0 Å². The van der Waals surface area contributed by atoms with Gasteiger partial charge in [0.15, 0.2) is 9.84 Å². The molecule has 0 saturated carbocycles. The van der Waals surface area contributed by atoms with E-state index in [1.54, 1.807) is 19.2 Å². The maximum absolute atomic E-state index is 12.3. The van der Waals surface area contributed by atoms with Gasteiger partial charge in [-0.05, 0) is 42.5 Å². The molecule has 118 valence electrons. The van der Waals surface area contributed by atoms with Crippen LogP contribution in [0.25, 0.3) is 0 Å². The summed E-state index contributed by atoms with van der Waals surface area (Å²) in [5, 5.41) is 12.8. The van der Waals surface area contributed by atoms with Crippen molar-refractivity contribution >= 4 is 9.84 Å². The molecule has 1 aromatic rings. The van der Waals surface area contributed by atoms with Crippen molar-refractivity contribution in [2.24, 2.45) is 0 Å². The van der Waals surface area contributed by atoms with Crippen molar-refractivity contribution in [3.63, 3.8) is 0 Å². The third-order valence-electron chi connectivity index (χ3n) is 3.70. The molecule has 1 atom stereocenters. The Hall–Kier alpha value is -0.950. The van der Waals surface area contributed by atoms with Gasteiger partial charge in [-0.2, -0.15) is 0 Å². The van der Waals surface area contributed by atoms with Gasteiger partial charge in [0, 0.05) is 20.2 Å². The molecule has 1 aliphatic carbocycles. The van der Waals surface area contributed by atoms with Crippen LogP contribution in [0.15, 0.2) is 23.1 Å². The number of benzene rings is 1. The highest BCUT2D eigenvalue weighted by Gasteiger charge is 2.21. The van der Waals surface area contributed by atoms with Crippen molar-refractivity contribution in [3.8, 4) is 0 Å². The Kier molecular flexibility index (Phi) is 5.75. The normalized spacial score (nSPS) is 15.9. The average molecular weight is 313 g/mol. The number of hydrogen-bond donors (Lipinski definition) is 2. The zero-order valence-corrected chi connectivity index (χ0v) is 13.2. The molecule has 0 spiro atoms. The van der Waals surface area contributed by atoms with Gasteiger partial charge >= 0.3 is 0 Å². The lowest BCUT2D eigenvalue weighted by Gasteiger charge is -2.13. The quantitative estimate of drug-likeness (QED) is 0.685. The number of aliphatic hydroxyl groups is 1. The summed E-state index contributed by atoms with van der Waals surface area (Å²) in [6.07, 6.45) is 2.15. The summed E-state index contributed by atoms with van der Waals surface area (Å²) in [6.45, 7) is 1.37. The van der Waals surface area contributed by atoms with Gasteiger partial charge in [0.25, 0.3) is 0 Å². The summed E-state index contributed by atoms with van der Waals surface area (Å²) in [5.41, 5.74) is 2.37. The zero-order valence-electron chi connectivity index (χ0n) is 12.3. The minimum Gasteiger partial charge on any atom is -0.391 e. The molecular formula is C15H23NO4S. The van der Waals surface area contributed by atoms with Crippen LogP contribution in [0.2, 0.25) is 0 Å². The first-order valence-corrected chi connectivity index (χ1v) is 8.90. The molecule has 0 amide bonds. The van der Waals surface area contributed by atoms with Gasteiger partial charge in [-0.1, -0.05) is 6.07 Å². The second-order valence-electron chi connectivity index (χ2n) is 5.42. The smallest absolute Gasteiger partial charge is 0.180 e. The third kappa shape index (κ3) is 4.51. The van der Waals surface area contributed by atoms with Crippen LogP contribution in [0.1, 0.15) is 17.5 Å². The van der Waals surface area contributed by atoms with Crippen molar-refractivity contribution in [3.05, 3.63) is 29.3 Å². The summed E-state index contributed by atoms with van der Waals surface area (Å²) in [5.74, 6) is -0.258. The molecule has 0 aliphatic heterocycles. The first kappa shape index (κ1) is 16.4. The molecule has 5 nitrogen and oxygen atoms in total. The molecule has 2 rings (SSSR count). The molecule has 0 bridgehead atoms. The first-order valence-electron chi connectivity index (χ1n) is 7.25. The standard InChI is InChI=1S/C15H23NO4S/c1-20-8-7-16-10-14(17)11-21(18,19)15-6-5-12-3-2-4-13(12)9-15/h5-6,9,14,16-17H,2-4,7-8,10-11H2,1H3. The lowest BCUT2D eigenvalue weighted by molar-refractivity contribution is 0.174. The van der Waals surface area contributed by atoms with E-state index in [2.05, 4.69) is 5.32 Å². The van der Waals surface area contributed by atoms with E-state index in [0.29, 0.717) is 18.0 Å². The minimum atomic E-state index is -3.45. The number of sulfone groups is 1. The fourth-order valence-electron chi connectivity index (χ4n) is 2.59. The van der Waals surface area contributed by atoms with E-state index in [1.807, 2.05) is 6.07 Å². The predicted molar refractivity (Wildman–Crippen MR) is 81.3 cm³/mol. The number of fused-ring (bicyclic) bond motifs is 1.